The maximum Gasteiger partial charge on any atom is 0.255 e. The minimum Gasteiger partial charge on any atom is -0.616 e. The molecular formula is C32H37N5O4S. The van der Waals surface area contributed by atoms with E-state index in [0.717, 1.165) is 65.9 Å². The van der Waals surface area contributed by atoms with E-state index in [9.17, 15) is 9.35 Å². The zero-order valence-electron chi connectivity index (χ0n) is 24.1. The molecule has 2 unspecified atom stereocenters. The highest BCUT2D eigenvalue weighted by atomic mass is 32.2. The van der Waals surface area contributed by atoms with Crippen molar-refractivity contribution in [1.29, 1.82) is 0 Å². The van der Waals surface area contributed by atoms with Gasteiger partial charge in [-0.2, -0.15) is 4.98 Å². The number of fused-ring (bicyclic) bond motifs is 1. The van der Waals surface area contributed by atoms with Gasteiger partial charge in [0.05, 0.1) is 25.9 Å². The Labute approximate surface area is 249 Å². The molecule has 10 heteroatoms. The Hall–Kier alpha value is -3.28. The minimum atomic E-state index is -1.01. The van der Waals surface area contributed by atoms with Crippen LogP contribution in [0.2, 0.25) is 0 Å². The molecule has 0 spiro atoms. The largest absolute Gasteiger partial charge is 0.616 e. The molecule has 2 atom stereocenters. The van der Waals surface area contributed by atoms with E-state index >= 15 is 0 Å². The molecule has 2 aromatic heterocycles. The summed E-state index contributed by atoms with van der Waals surface area (Å²) in [5.74, 6) is 1.67. The Kier molecular flexibility index (Phi) is 8.87. The fourth-order valence-corrected chi connectivity index (χ4v) is 6.45. The van der Waals surface area contributed by atoms with Crippen LogP contribution in [0.4, 0.5) is 11.6 Å². The van der Waals surface area contributed by atoms with Crippen LogP contribution < -0.4 is 10.9 Å². The van der Waals surface area contributed by atoms with E-state index in [-0.39, 0.29) is 11.7 Å². The summed E-state index contributed by atoms with van der Waals surface area (Å²) in [7, 11) is 3.72. The molecule has 2 aliphatic rings. The highest BCUT2D eigenvalue weighted by Crippen LogP contribution is 2.39. The first-order chi connectivity index (χ1) is 20.5. The molecule has 0 amide bonds. The van der Waals surface area contributed by atoms with Gasteiger partial charge in [0.15, 0.2) is 0 Å². The van der Waals surface area contributed by atoms with Gasteiger partial charge in [-0.25, -0.2) is 4.98 Å². The Balaban J connectivity index is 1.26. The summed E-state index contributed by atoms with van der Waals surface area (Å²) in [6.45, 7) is 3.39. The second-order valence-corrected chi connectivity index (χ2v) is 12.8. The number of rotatable bonds is 11. The first kappa shape index (κ1) is 28.8. The molecule has 4 aromatic rings. The third-order valence-corrected chi connectivity index (χ3v) is 9.13. The number of hydrogen-bond donors (Lipinski definition) is 1. The van der Waals surface area contributed by atoms with E-state index < -0.39 is 11.2 Å². The molecular weight excluding hydrogens is 550 g/mol. The van der Waals surface area contributed by atoms with Crippen LogP contribution in [0.3, 0.4) is 0 Å². The lowest BCUT2D eigenvalue weighted by Gasteiger charge is -2.30. The standard InChI is InChI=1S/C32H37N5O4S/c1-36-12-13-41-29(20-36)25-8-10-27(11-9-25)34-32-33-18-26-17-28(24-6-7-24)31(38)37(30(26)35-32)19-22-4-3-5-23(16-22)21-42(39)15-14-40-2/h3-5,8-11,16-18,24,29H,6-7,12-15,19-21H2,1-2H3,(H,33,34,35). The van der Waals surface area contributed by atoms with E-state index in [1.54, 1.807) is 17.9 Å². The second-order valence-electron chi connectivity index (χ2n) is 11.2. The Morgan fingerprint density at radius 2 is 1.95 bits per heavy atom. The number of benzene rings is 2. The second kappa shape index (κ2) is 12.9. The number of hydrogen-bond acceptors (Lipinski definition) is 8. The van der Waals surface area contributed by atoms with Gasteiger partial charge in [0.25, 0.3) is 5.56 Å². The number of aromatic nitrogens is 3. The Morgan fingerprint density at radius 1 is 1.14 bits per heavy atom. The van der Waals surface area contributed by atoms with E-state index in [1.807, 2.05) is 42.5 Å². The molecule has 3 heterocycles. The molecule has 2 aromatic carbocycles. The van der Waals surface area contributed by atoms with E-state index in [2.05, 4.69) is 34.4 Å². The zero-order valence-corrected chi connectivity index (χ0v) is 24.9. The van der Waals surface area contributed by atoms with Gasteiger partial charge < -0.3 is 24.2 Å². The van der Waals surface area contributed by atoms with Gasteiger partial charge >= 0.3 is 0 Å². The number of pyridine rings is 1. The molecule has 1 aliphatic carbocycles. The lowest BCUT2D eigenvalue weighted by Crippen LogP contribution is -2.35. The van der Waals surface area contributed by atoms with Crippen LogP contribution in [0.15, 0.2) is 65.6 Å². The van der Waals surface area contributed by atoms with Gasteiger partial charge in [-0.15, -0.1) is 0 Å². The van der Waals surface area contributed by atoms with Crippen molar-refractivity contribution >= 4 is 33.8 Å². The van der Waals surface area contributed by atoms with Gasteiger partial charge in [-0.1, -0.05) is 30.3 Å². The number of methoxy groups -OCH3 is 1. The first-order valence-electron chi connectivity index (χ1n) is 14.5. The van der Waals surface area contributed by atoms with Crippen LogP contribution in [0, 0.1) is 0 Å². The number of likely N-dealkylation sites (N-methyl/N-ethyl adjacent to an activating group) is 1. The molecule has 1 N–H and O–H groups in total. The lowest BCUT2D eigenvalue weighted by molar-refractivity contribution is -0.0208. The number of ether oxygens (including phenoxy) is 2. The summed E-state index contributed by atoms with van der Waals surface area (Å²) < 4.78 is 25.2. The van der Waals surface area contributed by atoms with Gasteiger partial charge in [0.2, 0.25) is 5.95 Å². The van der Waals surface area contributed by atoms with Gasteiger partial charge in [-0.05, 0) is 72.4 Å². The molecule has 6 rings (SSSR count). The number of anilines is 2. The summed E-state index contributed by atoms with van der Waals surface area (Å²) in [6, 6.07) is 18.1. The summed E-state index contributed by atoms with van der Waals surface area (Å²) in [5, 5.41) is 4.15. The van der Waals surface area contributed by atoms with Crippen molar-refractivity contribution in [2.75, 3.05) is 51.5 Å². The average Bonchev–Trinajstić information content (AvgIpc) is 3.84. The molecule has 42 heavy (non-hydrogen) atoms. The molecule has 9 nitrogen and oxygen atoms in total. The van der Waals surface area contributed by atoms with Crippen molar-refractivity contribution < 1.29 is 14.0 Å². The van der Waals surface area contributed by atoms with Crippen molar-refractivity contribution in [2.45, 2.75) is 37.2 Å². The van der Waals surface area contributed by atoms with Crippen molar-refractivity contribution in [3.05, 3.63) is 93.4 Å². The van der Waals surface area contributed by atoms with Crippen LogP contribution in [0.1, 0.15) is 47.1 Å². The smallest absolute Gasteiger partial charge is 0.255 e. The average molecular weight is 588 g/mol. The number of morpholine rings is 1. The summed E-state index contributed by atoms with van der Waals surface area (Å²) in [4.78, 5) is 25.4. The quantitative estimate of drug-likeness (QED) is 0.258. The summed E-state index contributed by atoms with van der Waals surface area (Å²) in [6.07, 6.45) is 3.92. The predicted molar refractivity (Wildman–Crippen MR) is 166 cm³/mol. The third-order valence-electron chi connectivity index (χ3n) is 7.85. The summed E-state index contributed by atoms with van der Waals surface area (Å²) >= 11 is -1.01. The number of nitrogens with zero attached hydrogens (tertiary/aromatic N) is 4. The fourth-order valence-electron chi connectivity index (χ4n) is 5.40. The van der Waals surface area contributed by atoms with Gasteiger partial charge in [-0.3, -0.25) is 9.36 Å². The van der Waals surface area contributed by atoms with Crippen LogP contribution in [-0.4, -0.2) is 70.2 Å². The highest BCUT2D eigenvalue weighted by Gasteiger charge is 2.28. The predicted octanol–water partition coefficient (Wildman–Crippen LogP) is 4.36. The Bertz CT molecular complexity index is 1590. The van der Waals surface area contributed by atoms with E-state index in [1.165, 1.54) is 0 Å². The molecule has 0 radical (unpaired) electrons. The molecule has 2 fully saturated rings. The topological polar surface area (TPSA) is 105 Å². The maximum atomic E-state index is 13.7. The van der Waals surface area contributed by atoms with Crippen LogP contribution in [0.5, 0.6) is 0 Å². The normalized spacial score (nSPS) is 18.3. The highest BCUT2D eigenvalue weighted by molar-refractivity contribution is 7.90. The van der Waals surface area contributed by atoms with Gasteiger partial charge in [0, 0.05) is 48.6 Å². The van der Waals surface area contributed by atoms with E-state index in [4.69, 9.17) is 14.5 Å². The fraction of sp³-hybridized carbons (Fsp3) is 0.406. The van der Waals surface area contributed by atoms with Crippen LogP contribution in [-0.2, 0) is 32.9 Å². The van der Waals surface area contributed by atoms with Crippen LogP contribution >= 0.6 is 0 Å². The van der Waals surface area contributed by atoms with Gasteiger partial charge in [0.1, 0.15) is 17.2 Å². The molecule has 1 saturated heterocycles. The van der Waals surface area contributed by atoms with Crippen LogP contribution in [0.25, 0.3) is 11.0 Å². The van der Waals surface area contributed by atoms with Crippen molar-refractivity contribution in [2.24, 2.45) is 0 Å². The monoisotopic (exact) mass is 587 g/mol. The minimum absolute atomic E-state index is 0.00877. The number of nitrogens with one attached hydrogen (secondary N) is 1. The molecule has 220 valence electrons. The zero-order chi connectivity index (χ0) is 29.1. The van der Waals surface area contributed by atoms with Crippen molar-refractivity contribution in [1.82, 2.24) is 19.4 Å². The molecule has 1 saturated carbocycles. The molecule has 1 aliphatic heterocycles. The Morgan fingerprint density at radius 3 is 2.71 bits per heavy atom. The maximum absolute atomic E-state index is 13.7. The van der Waals surface area contributed by atoms with E-state index in [0.29, 0.717) is 42.2 Å². The SMILES string of the molecule is COCC[S+]([O-])Cc1cccc(Cn2c(=O)c(C3CC3)cc3cnc(Nc4ccc(C5CN(C)CCO5)cc4)nc32)c1. The summed E-state index contributed by atoms with van der Waals surface area (Å²) in [5.41, 5.74) is 5.35. The first-order valence-corrected chi connectivity index (χ1v) is 15.9. The molecule has 0 bridgehead atoms. The van der Waals surface area contributed by atoms with Crippen molar-refractivity contribution in [3.63, 3.8) is 0 Å². The van der Waals surface area contributed by atoms with Crippen molar-refractivity contribution in [3.8, 4) is 0 Å². The lowest BCUT2D eigenvalue weighted by atomic mass is 10.1. The third kappa shape index (κ3) is 6.85.